The molecule has 3 heteroatoms. The first-order valence-corrected chi connectivity index (χ1v) is 6.95. The van der Waals surface area contributed by atoms with Gasteiger partial charge in [-0.05, 0) is 31.2 Å². The third-order valence-electron chi connectivity index (χ3n) is 4.07. The third kappa shape index (κ3) is 3.15. The van der Waals surface area contributed by atoms with E-state index >= 15 is 0 Å². The van der Waals surface area contributed by atoms with Gasteiger partial charge in [-0.2, -0.15) is 0 Å². The number of anilines is 1. The quantitative estimate of drug-likeness (QED) is 0.883. The number of nitrogens with zero attached hydrogens (tertiary/aromatic N) is 1. The van der Waals surface area contributed by atoms with Gasteiger partial charge in [-0.15, -0.1) is 0 Å². The highest BCUT2D eigenvalue weighted by Gasteiger charge is 2.21. The van der Waals surface area contributed by atoms with E-state index in [-0.39, 0.29) is 0 Å². The number of rotatable bonds is 4. The number of aryl methyl sites for hydroxylation is 1. The highest BCUT2D eigenvalue weighted by atomic mass is 16.5. The molecule has 3 nitrogen and oxygen atoms in total. The van der Waals surface area contributed by atoms with E-state index in [1.165, 1.54) is 25.7 Å². The van der Waals surface area contributed by atoms with Gasteiger partial charge in [-0.25, -0.2) is 0 Å². The predicted molar refractivity (Wildman–Crippen MR) is 75.1 cm³/mol. The fourth-order valence-corrected chi connectivity index (χ4v) is 2.79. The molecule has 0 bridgehead atoms. The van der Waals surface area contributed by atoms with Crippen LogP contribution in [0.25, 0.3) is 0 Å². The maximum atomic E-state index is 5.34. The number of nitrogens with one attached hydrogen (secondary N) is 1. The minimum Gasteiger partial charge on any atom is -0.493 e. The zero-order chi connectivity index (χ0) is 13.0. The molecule has 1 aliphatic carbocycles. The van der Waals surface area contributed by atoms with E-state index in [1.807, 2.05) is 6.92 Å². The predicted octanol–water partition coefficient (Wildman–Crippen LogP) is 3.64. The number of aromatic nitrogens is 1. The van der Waals surface area contributed by atoms with E-state index in [0.29, 0.717) is 0 Å². The topological polar surface area (TPSA) is 34.1 Å². The number of methoxy groups -OCH3 is 1. The molecule has 1 saturated carbocycles. The van der Waals surface area contributed by atoms with Crippen LogP contribution >= 0.6 is 0 Å². The zero-order valence-electron chi connectivity index (χ0n) is 11.7. The Morgan fingerprint density at radius 1 is 1.39 bits per heavy atom. The van der Waals surface area contributed by atoms with Crippen LogP contribution in [0, 0.1) is 18.8 Å². The van der Waals surface area contributed by atoms with Gasteiger partial charge < -0.3 is 10.1 Å². The lowest BCUT2D eigenvalue weighted by molar-refractivity contribution is 0.268. The molecule has 1 fully saturated rings. The second kappa shape index (κ2) is 6.07. The lowest BCUT2D eigenvalue weighted by Crippen LogP contribution is -2.24. The van der Waals surface area contributed by atoms with Crippen LogP contribution in [-0.4, -0.2) is 18.6 Å². The van der Waals surface area contributed by atoms with Crippen LogP contribution in [0.15, 0.2) is 12.3 Å². The Morgan fingerprint density at radius 3 is 2.89 bits per heavy atom. The molecular weight excluding hydrogens is 224 g/mol. The Bertz CT molecular complexity index is 392. The summed E-state index contributed by atoms with van der Waals surface area (Å²) in [5, 5.41) is 3.54. The molecule has 0 spiro atoms. The van der Waals surface area contributed by atoms with Crippen molar-refractivity contribution in [2.24, 2.45) is 11.8 Å². The van der Waals surface area contributed by atoms with Crippen molar-refractivity contribution in [1.29, 1.82) is 0 Å². The molecule has 1 aliphatic rings. The molecule has 1 heterocycles. The molecular formula is C15H24N2O. The summed E-state index contributed by atoms with van der Waals surface area (Å²) in [6, 6.07) is 2.06. The Hall–Kier alpha value is -1.25. The van der Waals surface area contributed by atoms with Gasteiger partial charge in [0.25, 0.3) is 0 Å². The minimum atomic E-state index is 0.789. The molecule has 0 aromatic carbocycles. The fraction of sp³-hybridized carbons (Fsp3) is 0.667. The molecule has 2 atom stereocenters. The van der Waals surface area contributed by atoms with E-state index < -0.39 is 0 Å². The first kappa shape index (κ1) is 13.2. The highest BCUT2D eigenvalue weighted by molar-refractivity contribution is 5.55. The summed E-state index contributed by atoms with van der Waals surface area (Å²) in [5.74, 6) is 2.46. The van der Waals surface area contributed by atoms with Crippen molar-refractivity contribution in [3.8, 4) is 5.75 Å². The van der Waals surface area contributed by atoms with Crippen LogP contribution in [-0.2, 0) is 0 Å². The summed E-state index contributed by atoms with van der Waals surface area (Å²) in [4.78, 5) is 4.26. The lowest BCUT2D eigenvalue weighted by Gasteiger charge is -2.29. The van der Waals surface area contributed by atoms with Gasteiger partial charge in [0.2, 0.25) is 0 Å². The normalized spacial score (nSPS) is 23.7. The van der Waals surface area contributed by atoms with Crippen LogP contribution in [0.2, 0.25) is 0 Å². The van der Waals surface area contributed by atoms with Gasteiger partial charge in [0.1, 0.15) is 0 Å². The summed E-state index contributed by atoms with van der Waals surface area (Å²) in [7, 11) is 1.70. The van der Waals surface area contributed by atoms with Crippen LogP contribution < -0.4 is 10.1 Å². The van der Waals surface area contributed by atoms with Gasteiger partial charge in [0, 0.05) is 12.2 Å². The monoisotopic (exact) mass is 248 g/mol. The van der Waals surface area contributed by atoms with Crippen molar-refractivity contribution in [2.45, 2.75) is 39.5 Å². The number of hydrogen-bond donors (Lipinski definition) is 1. The largest absolute Gasteiger partial charge is 0.493 e. The minimum absolute atomic E-state index is 0.789. The average molecular weight is 248 g/mol. The Labute approximate surface area is 110 Å². The summed E-state index contributed by atoms with van der Waals surface area (Å²) < 4.78 is 5.34. The molecule has 0 radical (unpaired) electrons. The van der Waals surface area contributed by atoms with Crippen LogP contribution in [0.1, 0.15) is 38.3 Å². The zero-order valence-corrected chi connectivity index (χ0v) is 11.7. The first-order chi connectivity index (χ1) is 8.70. The molecule has 100 valence electrons. The maximum Gasteiger partial charge on any atom is 0.160 e. The van der Waals surface area contributed by atoms with E-state index in [0.717, 1.165) is 35.5 Å². The SMILES string of the molecule is COc1cnc(C)cc1NCC1CCCCC1C. The molecule has 1 aromatic heterocycles. The first-order valence-electron chi connectivity index (χ1n) is 6.95. The second-order valence-corrected chi connectivity index (χ2v) is 5.43. The van der Waals surface area contributed by atoms with Crippen LogP contribution in [0.5, 0.6) is 5.75 Å². The van der Waals surface area contributed by atoms with E-state index in [4.69, 9.17) is 4.74 Å². The number of ether oxygens (including phenoxy) is 1. The summed E-state index contributed by atoms with van der Waals surface area (Å²) in [6.07, 6.45) is 7.29. The van der Waals surface area contributed by atoms with Gasteiger partial charge in [-0.1, -0.05) is 26.2 Å². The Balaban J connectivity index is 1.98. The molecule has 1 N–H and O–H groups in total. The Morgan fingerprint density at radius 2 is 2.17 bits per heavy atom. The summed E-state index contributed by atoms with van der Waals surface area (Å²) in [6.45, 7) is 5.43. The lowest BCUT2D eigenvalue weighted by atomic mass is 9.80. The molecule has 1 aromatic rings. The van der Waals surface area contributed by atoms with Gasteiger partial charge in [0.05, 0.1) is 19.0 Å². The highest BCUT2D eigenvalue weighted by Crippen LogP contribution is 2.31. The molecule has 2 rings (SSSR count). The Kier molecular flexibility index (Phi) is 4.45. The van der Waals surface area contributed by atoms with E-state index in [2.05, 4.69) is 23.3 Å². The van der Waals surface area contributed by atoms with Gasteiger partial charge >= 0.3 is 0 Å². The number of hydrogen-bond acceptors (Lipinski definition) is 3. The van der Waals surface area contributed by atoms with E-state index in [1.54, 1.807) is 13.3 Å². The van der Waals surface area contributed by atoms with Crippen molar-refractivity contribution in [3.63, 3.8) is 0 Å². The van der Waals surface area contributed by atoms with Crippen molar-refractivity contribution >= 4 is 5.69 Å². The summed E-state index contributed by atoms with van der Waals surface area (Å²) >= 11 is 0. The van der Waals surface area contributed by atoms with Crippen LogP contribution in [0.3, 0.4) is 0 Å². The fourth-order valence-electron chi connectivity index (χ4n) is 2.79. The standard InChI is InChI=1S/C15H24N2O/c1-11-6-4-5-7-13(11)9-17-14-8-12(2)16-10-15(14)18-3/h8,10-11,13H,4-7,9H2,1-3H3,(H,16,17). The van der Waals surface area contributed by atoms with E-state index in [9.17, 15) is 0 Å². The molecule has 2 unspecified atom stereocenters. The molecule has 0 saturated heterocycles. The maximum absolute atomic E-state index is 5.34. The van der Waals surface area contributed by atoms with Crippen molar-refractivity contribution < 1.29 is 4.74 Å². The summed E-state index contributed by atoms with van der Waals surface area (Å²) in [5.41, 5.74) is 2.10. The van der Waals surface area contributed by atoms with Gasteiger partial charge in [0.15, 0.2) is 5.75 Å². The molecule has 0 amide bonds. The van der Waals surface area contributed by atoms with Crippen molar-refractivity contribution in [3.05, 3.63) is 18.0 Å². The third-order valence-corrected chi connectivity index (χ3v) is 4.07. The smallest absolute Gasteiger partial charge is 0.160 e. The van der Waals surface area contributed by atoms with Crippen LogP contribution in [0.4, 0.5) is 5.69 Å². The van der Waals surface area contributed by atoms with Gasteiger partial charge in [-0.3, -0.25) is 4.98 Å². The molecule has 18 heavy (non-hydrogen) atoms. The second-order valence-electron chi connectivity index (χ2n) is 5.43. The average Bonchev–Trinajstić information content (AvgIpc) is 2.38. The van der Waals surface area contributed by atoms with Crippen molar-refractivity contribution in [2.75, 3.05) is 19.0 Å². The number of pyridine rings is 1. The van der Waals surface area contributed by atoms with Crippen molar-refractivity contribution in [1.82, 2.24) is 4.98 Å². The molecule has 0 aliphatic heterocycles.